The predicted molar refractivity (Wildman–Crippen MR) is 65.1 cm³/mol. The number of hydrogen-bond donors (Lipinski definition) is 0. The molecule has 0 amide bonds. The van der Waals surface area contributed by atoms with E-state index >= 15 is 0 Å². The van der Waals surface area contributed by atoms with Crippen molar-refractivity contribution in [1.29, 1.82) is 0 Å². The van der Waals surface area contributed by atoms with Crippen LogP contribution in [0.5, 0.6) is 0 Å². The second-order valence-corrected chi connectivity index (χ2v) is 4.84. The highest BCUT2D eigenvalue weighted by Crippen LogP contribution is 2.27. The molecule has 0 spiro atoms. The summed E-state index contributed by atoms with van der Waals surface area (Å²) in [4.78, 5) is 0. The number of rotatable bonds is 0. The lowest BCUT2D eigenvalue weighted by molar-refractivity contribution is 0.616. The largest absolute Gasteiger partial charge is 0.0795 e. The second kappa shape index (κ2) is 3.84. The maximum atomic E-state index is 2.47. The molecule has 78 valence electrons. The van der Waals surface area contributed by atoms with Crippen LogP contribution in [0.2, 0.25) is 0 Å². The third-order valence-corrected chi connectivity index (χ3v) is 3.74. The molecule has 3 rings (SSSR count). The average molecular weight is 198 g/mol. The third kappa shape index (κ3) is 1.73. The van der Waals surface area contributed by atoms with E-state index in [0.717, 1.165) is 6.42 Å². The van der Waals surface area contributed by atoms with Crippen molar-refractivity contribution >= 4 is 6.08 Å². The zero-order valence-electron chi connectivity index (χ0n) is 9.26. The van der Waals surface area contributed by atoms with Crippen LogP contribution in [0.15, 0.2) is 18.2 Å². The minimum absolute atomic E-state index is 1.16. The van der Waals surface area contributed by atoms with Gasteiger partial charge in [0.1, 0.15) is 0 Å². The molecule has 0 radical (unpaired) electrons. The Labute approximate surface area is 92.0 Å². The monoisotopic (exact) mass is 198 g/mol. The number of benzene rings is 1. The lowest BCUT2D eigenvalue weighted by Gasteiger charge is -2.15. The predicted octanol–water partition coefficient (Wildman–Crippen LogP) is 3.91. The van der Waals surface area contributed by atoms with Crippen molar-refractivity contribution in [2.24, 2.45) is 0 Å². The smallest absolute Gasteiger partial charge is 0.00881 e. The fourth-order valence-electron chi connectivity index (χ4n) is 2.85. The van der Waals surface area contributed by atoms with Crippen LogP contribution in [0, 0.1) is 0 Å². The van der Waals surface area contributed by atoms with Crippen molar-refractivity contribution in [2.75, 3.05) is 0 Å². The molecule has 0 unspecified atom stereocenters. The molecule has 15 heavy (non-hydrogen) atoms. The molecule has 2 aliphatic carbocycles. The number of aryl methyl sites for hydroxylation is 2. The molecule has 0 bridgehead atoms. The lowest BCUT2D eigenvalue weighted by Crippen LogP contribution is -2.01. The standard InChI is InChI=1S/C15H18/c1-2-4-7-13-11-15-9-5-8-14(15)10-12(13)6-3-1/h5,8,10-11H,1-4,6-7,9H2. The van der Waals surface area contributed by atoms with Crippen LogP contribution in [-0.4, -0.2) is 0 Å². The van der Waals surface area contributed by atoms with Crippen molar-refractivity contribution in [3.8, 4) is 0 Å². The summed E-state index contributed by atoms with van der Waals surface area (Å²) in [7, 11) is 0. The van der Waals surface area contributed by atoms with Gasteiger partial charge in [0.25, 0.3) is 0 Å². The van der Waals surface area contributed by atoms with Gasteiger partial charge >= 0.3 is 0 Å². The Kier molecular flexibility index (Phi) is 2.36. The molecule has 1 aromatic carbocycles. The fraction of sp³-hybridized carbons (Fsp3) is 0.467. The van der Waals surface area contributed by atoms with E-state index in [1.54, 1.807) is 16.7 Å². The summed E-state index contributed by atoms with van der Waals surface area (Å²) in [6.45, 7) is 0. The molecule has 0 fully saturated rings. The topological polar surface area (TPSA) is 0 Å². The molecule has 0 saturated carbocycles. The summed E-state index contributed by atoms with van der Waals surface area (Å²) in [6.07, 6.45) is 14.0. The Morgan fingerprint density at radius 2 is 1.47 bits per heavy atom. The van der Waals surface area contributed by atoms with Crippen molar-refractivity contribution in [3.63, 3.8) is 0 Å². The van der Waals surface area contributed by atoms with Gasteiger partial charge in [-0.1, -0.05) is 37.1 Å². The Morgan fingerprint density at radius 3 is 2.27 bits per heavy atom. The molecule has 0 aliphatic heterocycles. The third-order valence-electron chi connectivity index (χ3n) is 3.74. The zero-order valence-corrected chi connectivity index (χ0v) is 9.26. The van der Waals surface area contributed by atoms with E-state index in [-0.39, 0.29) is 0 Å². The van der Waals surface area contributed by atoms with Gasteiger partial charge in [-0.05, 0) is 54.4 Å². The molecule has 0 heterocycles. The minimum atomic E-state index is 1.16. The van der Waals surface area contributed by atoms with E-state index in [2.05, 4.69) is 24.3 Å². The summed E-state index contributed by atoms with van der Waals surface area (Å²) in [5.41, 5.74) is 6.29. The zero-order chi connectivity index (χ0) is 10.1. The highest BCUT2D eigenvalue weighted by molar-refractivity contribution is 5.62. The van der Waals surface area contributed by atoms with Gasteiger partial charge in [-0.3, -0.25) is 0 Å². The summed E-state index contributed by atoms with van der Waals surface area (Å²) in [6, 6.07) is 4.91. The minimum Gasteiger partial charge on any atom is -0.0795 e. The summed E-state index contributed by atoms with van der Waals surface area (Å²) in [5.74, 6) is 0. The van der Waals surface area contributed by atoms with Crippen LogP contribution in [-0.2, 0) is 19.3 Å². The molecule has 0 saturated heterocycles. The first kappa shape index (κ1) is 9.21. The van der Waals surface area contributed by atoms with Gasteiger partial charge in [0.05, 0.1) is 0 Å². The van der Waals surface area contributed by atoms with E-state index in [1.165, 1.54) is 44.1 Å². The highest BCUT2D eigenvalue weighted by atomic mass is 14.2. The van der Waals surface area contributed by atoms with Gasteiger partial charge in [0.15, 0.2) is 0 Å². The molecular formula is C15H18. The molecule has 0 N–H and O–H groups in total. The van der Waals surface area contributed by atoms with Crippen LogP contribution in [0.1, 0.15) is 47.9 Å². The Hall–Kier alpha value is -1.04. The van der Waals surface area contributed by atoms with Crippen molar-refractivity contribution < 1.29 is 0 Å². The van der Waals surface area contributed by atoms with Gasteiger partial charge in [0, 0.05) is 0 Å². The molecule has 2 aliphatic rings. The highest BCUT2D eigenvalue weighted by Gasteiger charge is 2.12. The van der Waals surface area contributed by atoms with E-state index in [9.17, 15) is 0 Å². The first-order valence-corrected chi connectivity index (χ1v) is 6.25. The SMILES string of the molecule is C1=Cc2cc3c(cc2C1)CCCCCC3. The molecule has 0 heteroatoms. The molecule has 1 aromatic rings. The number of allylic oxidation sites excluding steroid dienone is 1. The molecular weight excluding hydrogens is 180 g/mol. The summed E-state index contributed by atoms with van der Waals surface area (Å²) in [5, 5.41) is 0. The van der Waals surface area contributed by atoms with E-state index in [1.807, 2.05) is 0 Å². The normalized spacial score (nSPS) is 19.2. The van der Waals surface area contributed by atoms with Crippen LogP contribution < -0.4 is 0 Å². The van der Waals surface area contributed by atoms with E-state index in [4.69, 9.17) is 0 Å². The maximum absolute atomic E-state index is 2.47. The maximum Gasteiger partial charge on any atom is -0.00881 e. The van der Waals surface area contributed by atoms with Gasteiger partial charge in [-0.15, -0.1) is 0 Å². The Bertz CT molecular complexity index is 399. The fourth-order valence-corrected chi connectivity index (χ4v) is 2.85. The van der Waals surface area contributed by atoms with Gasteiger partial charge < -0.3 is 0 Å². The van der Waals surface area contributed by atoms with E-state index in [0.29, 0.717) is 0 Å². The molecule has 0 nitrogen and oxygen atoms in total. The van der Waals surface area contributed by atoms with E-state index < -0.39 is 0 Å². The van der Waals surface area contributed by atoms with Crippen LogP contribution in [0.4, 0.5) is 0 Å². The number of hydrogen-bond acceptors (Lipinski definition) is 0. The van der Waals surface area contributed by atoms with Gasteiger partial charge in [-0.25, -0.2) is 0 Å². The quantitative estimate of drug-likeness (QED) is 0.593. The second-order valence-electron chi connectivity index (χ2n) is 4.84. The first-order valence-electron chi connectivity index (χ1n) is 6.25. The van der Waals surface area contributed by atoms with Crippen LogP contribution >= 0.6 is 0 Å². The summed E-state index contributed by atoms with van der Waals surface area (Å²) >= 11 is 0. The average Bonchev–Trinajstić information content (AvgIpc) is 2.64. The summed E-state index contributed by atoms with van der Waals surface area (Å²) < 4.78 is 0. The molecule has 0 atom stereocenters. The van der Waals surface area contributed by atoms with Crippen LogP contribution in [0.3, 0.4) is 0 Å². The van der Waals surface area contributed by atoms with Crippen LogP contribution in [0.25, 0.3) is 6.08 Å². The Balaban J connectivity index is 2.01. The van der Waals surface area contributed by atoms with Crippen molar-refractivity contribution in [1.82, 2.24) is 0 Å². The Morgan fingerprint density at radius 1 is 0.733 bits per heavy atom. The number of fused-ring (bicyclic) bond motifs is 2. The first-order chi connectivity index (χ1) is 7.43. The molecule has 0 aromatic heterocycles. The van der Waals surface area contributed by atoms with Gasteiger partial charge in [0.2, 0.25) is 0 Å². The lowest BCUT2D eigenvalue weighted by atomic mass is 9.90. The van der Waals surface area contributed by atoms with Gasteiger partial charge in [-0.2, -0.15) is 0 Å². The van der Waals surface area contributed by atoms with Crippen molar-refractivity contribution in [3.05, 3.63) is 40.5 Å². The van der Waals surface area contributed by atoms with Crippen molar-refractivity contribution in [2.45, 2.75) is 44.9 Å².